The molecule has 1 radical (unpaired) electrons. The van der Waals surface area contributed by atoms with Crippen LogP contribution >= 0.6 is 0 Å². The summed E-state index contributed by atoms with van der Waals surface area (Å²) in [4.78, 5) is 11.6. The first-order valence-corrected chi connectivity index (χ1v) is 6.20. The molecular formula is C15H14NO2. The van der Waals surface area contributed by atoms with E-state index in [2.05, 4.69) is 5.32 Å². The number of fused-ring (bicyclic) bond motifs is 1. The topological polar surface area (TPSA) is 40.4 Å². The van der Waals surface area contributed by atoms with E-state index < -0.39 is 6.10 Å². The number of carbonyl (C=O) groups is 1. The first kappa shape index (κ1) is 11.1. The standard InChI is InChI=1S/C15H14NO2/c17-15-14(9-4-10-16-15)18-13-8-3-6-11-5-1-2-7-12(11)13/h1-3,5-8,14H,4,9-10H2. The molecule has 1 aliphatic rings. The molecule has 3 rings (SSSR count). The Kier molecular flexibility index (Phi) is 2.89. The maximum absolute atomic E-state index is 11.6. The summed E-state index contributed by atoms with van der Waals surface area (Å²) < 4.78 is 5.84. The third-order valence-corrected chi connectivity index (χ3v) is 3.19. The zero-order valence-corrected chi connectivity index (χ0v) is 10.0. The van der Waals surface area contributed by atoms with E-state index in [1.807, 2.05) is 42.5 Å². The van der Waals surface area contributed by atoms with E-state index in [1.165, 1.54) is 0 Å². The third kappa shape index (κ3) is 2.04. The Labute approximate surface area is 106 Å². The third-order valence-electron chi connectivity index (χ3n) is 3.19. The minimum Gasteiger partial charge on any atom is -0.480 e. The minimum atomic E-state index is -0.412. The van der Waals surface area contributed by atoms with E-state index in [-0.39, 0.29) is 5.91 Å². The molecule has 1 heterocycles. The fourth-order valence-electron chi connectivity index (χ4n) is 2.25. The molecule has 1 saturated heterocycles. The zero-order valence-electron chi connectivity index (χ0n) is 10.0. The summed E-state index contributed by atoms with van der Waals surface area (Å²) in [6.45, 7) is 0.633. The molecule has 0 aliphatic carbocycles. The van der Waals surface area contributed by atoms with Crippen molar-refractivity contribution < 1.29 is 9.53 Å². The molecule has 1 atom stereocenters. The van der Waals surface area contributed by atoms with Gasteiger partial charge in [0.05, 0.1) is 0 Å². The van der Waals surface area contributed by atoms with Crippen LogP contribution in [0.1, 0.15) is 12.8 Å². The van der Waals surface area contributed by atoms with E-state index in [9.17, 15) is 4.79 Å². The van der Waals surface area contributed by atoms with Crippen LogP contribution in [0.25, 0.3) is 10.8 Å². The molecule has 0 aromatic heterocycles. The number of benzene rings is 2. The monoisotopic (exact) mass is 240 g/mol. The summed E-state index contributed by atoms with van der Waals surface area (Å²) in [5.41, 5.74) is 0. The van der Waals surface area contributed by atoms with E-state index in [1.54, 1.807) is 0 Å². The van der Waals surface area contributed by atoms with Crippen molar-refractivity contribution in [2.24, 2.45) is 0 Å². The maximum Gasteiger partial charge on any atom is 0.282 e. The number of hydrogen-bond acceptors (Lipinski definition) is 2. The number of hydrogen-bond donors (Lipinski definition) is 0. The fraction of sp³-hybridized carbons (Fsp3) is 0.267. The van der Waals surface area contributed by atoms with Crippen LogP contribution in [0, 0.1) is 0 Å². The lowest BCUT2D eigenvalue weighted by Gasteiger charge is -2.22. The van der Waals surface area contributed by atoms with E-state index in [0.29, 0.717) is 6.54 Å². The van der Waals surface area contributed by atoms with Crippen LogP contribution in [-0.2, 0) is 4.79 Å². The molecule has 91 valence electrons. The summed E-state index contributed by atoms with van der Waals surface area (Å²) in [7, 11) is 0. The van der Waals surface area contributed by atoms with Crippen LogP contribution in [0.2, 0.25) is 0 Å². The average molecular weight is 240 g/mol. The molecule has 2 aromatic carbocycles. The lowest BCUT2D eigenvalue weighted by molar-refractivity contribution is -0.130. The molecule has 1 unspecified atom stereocenters. The summed E-state index contributed by atoms with van der Waals surface area (Å²) in [5.74, 6) is 0.637. The number of piperidine rings is 1. The van der Waals surface area contributed by atoms with Gasteiger partial charge in [-0.05, 0) is 24.3 Å². The highest BCUT2D eigenvalue weighted by Crippen LogP contribution is 2.27. The fourth-order valence-corrected chi connectivity index (χ4v) is 2.25. The maximum atomic E-state index is 11.6. The van der Waals surface area contributed by atoms with Gasteiger partial charge in [-0.2, -0.15) is 0 Å². The molecule has 1 aliphatic heterocycles. The molecule has 1 amide bonds. The van der Waals surface area contributed by atoms with Crippen molar-refractivity contribution in [2.75, 3.05) is 6.54 Å². The van der Waals surface area contributed by atoms with Crippen LogP contribution in [-0.4, -0.2) is 18.6 Å². The molecule has 18 heavy (non-hydrogen) atoms. The highest BCUT2D eigenvalue weighted by atomic mass is 16.5. The highest BCUT2D eigenvalue weighted by Gasteiger charge is 2.25. The van der Waals surface area contributed by atoms with Crippen LogP contribution in [0.3, 0.4) is 0 Å². The number of rotatable bonds is 2. The average Bonchev–Trinajstić information content (AvgIpc) is 2.42. The SMILES string of the molecule is O=C1[N]CCCC1Oc1cccc2ccccc12. The Balaban J connectivity index is 1.92. The summed E-state index contributed by atoms with van der Waals surface area (Å²) in [6, 6.07) is 13.9. The molecule has 3 heteroatoms. The van der Waals surface area contributed by atoms with Crippen molar-refractivity contribution in [3.05, 3.63) is 42.5 Å². The highest BCUT2D eigenvalue weighted by molar-refractivity contribution is 5.89. The van der Waals surface area contributed by atoms with Gasteiger partial charge in [-0.25, -0.2) is 5.32 Å². The predicted octanol–water partition coefficient (Wildman–Crippen LogP) is 2.51. The van der Waals surface area contributed by atoms with Gasteiger partial charge in [0.25, 0.3) is 5.91 Å². The Bertz CT molecular complexity index is 574. The number of ether oxygens (including phenoxy) is 1. The number of carbonyl (C=O) groups excluding carboxylic acids is 1. The van der Waals surface area contributed by atoms with Crippen LogP contribution in [0.4, 0.5) is 0 Å². The molecule has 3 nitrogen and oxygen atoms in total. The normalized spacial score (nSPS) is 19.6. The lowest BCUT2D eigenvalue weighted by atomic mass is 10.1. The second-order valence-corrected chi connectivity index (χ2v) is 4.45. The first-order chi connectivity index (χ1) is 8.84. The number of amides is 1. The second kappa shape index (κ2) is 4.69. The summed E-state index contributed by atoms with van der Waals surface area (Å²) >= 11 is 0. The van der Waals surface area contributed by atoms with Gasteiger partial charge in [0.15, 0.2) is 6.10 Å². The Morgan fingerprint density at radius 2 is 1.94 bits per heavy atom. The molecule has 0 saturated carbocycles. The van der Waals surface area contributed by atoms with Crippen molar-refractivity contribution in [1.82, 2.24) is 5.32 Å². The predicted molar refractivity (Wildman–Crippen MR) is 69.6 cm³/mol. The van der Waals surface area contributed by atoms with Gasteiger partial charge in [-0.3, -0.25) is 4.79 Å². The van der Waals surface area contributed by atoms with Gasteiger partial charge < -0.3 is 4.74 Å². The van der Waals surface area contributed by atoms with Crippen LogP contribution in [0.15, 0.2) is 42.5 Å². The van der Waals surface area contributed by atoms with E-state index in [0.717, 1.165) is 29.4 Å². The molecule has 2 aromatic rings. The van der Waals surface area contributed by atoms with Crippen molar-refractivity contribution >= 4 is 16.7 Å². The first-order valence-electron chi connectivity index (χ1n) is 6.20. The van der Waals surface area contributed by atoms with Gasteiger partial charge in [-0.15, -0.1) is 0 Å². The molecule has 0 spiro atoms. The van der Waals surface area contributed by atoms with Crippen molar-refractivity contribution in [3.63, 3.8) is 0 Å². The van der Waals surface area contributed by atoms with Gasteiger partial charge >= 0.3 is 0 Å². The van der Waals surface area contributed by atoms with Crippen molar-refractivity contribution in [2.45, 2.75) is 18.9 Å². The Morgan fingerprint density at radius 1 is 1.11 bits per heavy atom. The molecule has 0 bridgehead atoms. The Hall–Kier alpha value is -2.03. The number of nitrogens with zero attached hydrogens (tertiary/aromatic N) is 1. The van der Waals surface area contributed by atoms with E-state index in [4.69, 9.17) is 4.74 Å². The Morgan fingerprint density at radius 3 is 2.83 bits per heavy atom. The van der Waals surface area contributed by atoms with Gasteiger partial charge in [0.1, 0.15) is 5.75 Å². The minimum absolute atomic E-state index is 0.130. The molecule has 0 N–H and O–H groups in total. The summed E-state index contributed by atoms with van der Waals surface area (Å²) in [5, 5.41) is 6.08. The van der Waals surface area contributed by atoms with Crippen molar-refractivity contribution in [3.8, 4) is 5.75 Å². The molecular weight excluding hydrogens is 226 g/mol. The van der Waals surface area contributed by atoms with Crippen LogP contribution in [0.5, 0.6) is 5.75 Å². The largest absolute Gasteiger partial charge is 0.480 e. The second-order valence-electron chi connectivity index (χ2n) is 4.45. The molecule has 1 fully saturated rings. The smallest absolute Gasteiger partial charge is 0.282 e. The quantitative estimate of drug-likeness (QED) is 0.809. The zero-order chi connectivity index (χ0) is 12.4. The van der Waals surface area contributed by atoms with Crippen molar-refractivity contribution in [1.29, 1.82) is 0 Å². The van der Waals surface area contributed by atoms with E-state index >= 15 is 0 Å². The van der Waals surface area contributed by atoms with Gasteiger partial charge in [0.2, 0.25) is 0 Å². The van der Waals surface area contributed by atoms with Gasteiger partial charge in [-0.1, -0.05) is 36.4 Å². The van der Waals surface area contributed by atoms with Crippen LogP contribution < -0.4 is 10.1 Å². The summed E-state index contributed by atoms with van der Waals surface area (Å²) in [6.07, 6.45) is 1.26. The lowest BCUT2D eigenvalue weighted by Crippen LogP contribution is -2.39. The van der Waals surface area contributed by atoms with Gasteiger partial charge in [0, 0.05) is 11.9 Å².